The van der Waals surface area contributed by atoms with Gasteiger partial charge in [0.15, 0.2) is 0 Å². The van der Waals surface area contributed by atoms with Crippen LogP contribution < -0.4 is 10.5 Å². The molecule has 2 rings (SSSR count). The van der Waals surface area contributed by atoms with Crippen molar-refractivity contribution in [2.45, 2.75) is 6.42 Å². The largest absolute Gasteiger partial charge is 0.478 e. The molecule has 0 radical (unpaired) electrons. The average Bonchev–Trinajstić information content (AvgIpc) is 2.43. The third-order valence-corrected chi connectivity index (χ3v) is 2.70. The minimum Gasteiger partial charge on any atom is -0.478 e. The lowest BCUT2D eigenvalue weighted by Gasteiger charge is -2.08. The molecule has 3 N–H and O–H groups in total. The highest BCUT2D eigenvalue weighted by Crippen LogP contribution is 2.25. The van der Waals surface area contributed by atoms with Crippen molar-refractivity contribution in [1.82, 2.24) is 0 Å². The number of anilines is 1. The molecule has 0 aromatic heterocycles. The fourth-order valence-electron chi connectivity index (χ4n) is 1.69. The summed E-state index contributed by atoms with van der Waals surface area (Å²) in [6, 6.07) is 13.5. The van der Waals surface area contributed by atoms with Gasteiger partial charge >= 0.3 is 5.97 Å². The predicted molar refractivity (Wildman–Crippen MR) is 73.6 cm³/mol. The van der Waals surface area contributed by atoms with Crippen molar-refractivity contribution in [2.24, 2.45) is 0 Å². The van der Waals surface area contributed by atoms with Crippen LogP contribution >= 0.6 is 0 Å². The van der Waals surface area contributed by atoms with Gasteiger partial charge in [-0.15, -0.1) is 0 Å². The summed E-state index contributed by atoms with van der Waals surface area (Å²) in [6.45, 7) is 0. The van der Waals surface area contributed by atoms with E-state index in [1.54, 1.807) is 30.3 Å². The fraction of sp³-hybridized carbons (Fsp3) is 0.0667. The molecule has 0 aliphatic carbocycles. The molecule has 5 nitrogen and oxygen atoms in total. The number of rotatable bonds is 4. The van der Waals surface area contributed by atoms with E-state index >= 15 is 0 Å². The molecule has 0 bridgehead atoms. The summed E-state index contributed by atoms with van der Waals surface area (Å²) >= 11 is 0. The summed E-state index contributed by atoms with van der Waals surface area (Å²) in [5.41, 5.74) is 6.65. The molecule has 0 aliphatic heterocycles. The Morgan fingerprint density at radius 1 is 1.20 bits per heavy atom. The Balaban J connectivity index is 2.20. The maximum atomic E-state index is 11.0. The van der Waals surface area contributed by atoms with Crippen molar-refractivity contribution in [3.05, 3.63) is 53.6 Å². The number of benzene rings is 2. The second-order valence-corrected chi connectivity index (χ2v) is 4.14. The van der Waals surface area contributed by atoms with Crippen molar-refractivity contribution in [3.8, 4) is 17.6 Å². The first-order chi connectivity index (χ1) is 9.60. The number of aromatic carboxylic acids is 1. The van der Waals surface area contributed by atoms with E-state index in [0.717, 1.165) is 5.56 Å². The smallest absolute Gasteiger partial charge is 0.337 e. The number of ether oxygens (including phenoxy) is 1. The Morgan fingerprint density at radius 2 is 1.85 bits per heavy atom. The van der Waals surface area contributed by atoms with Gasteiger partial charge in [-0.2, -0.15) is 5.26 Å². The van der Waals surface area contributed by atoms with E-state index in [4.69, 9.17) is 20.8 Å². The molecule has 0 fully saturated rings. The van der Waals surface area contributed by atoms with Crippen LogP contribution in [0.5, 0.6) is 11.5 Å². The molecule has 0 saturated heterocycles. The van der Waals surface area contributed by atoms with Crippen LogP contribution in [0.1, 0.15) is 15.9 Å². The minimum absolute atomic E-state index is 0.00333. The zero-order valence-corrected chi connectivity index (χ0v) is 10.5. The van der Waals surface area contributed by atoms with Crippen LogP contribution in [-0.2, 0) is 6.42 Å². The first-order valence-electron chi connectivity index (χ1n) is 5.86. The molecule has 0 aliphatic rings. The Hall–Kier alpha value is -3.00. The molecule has 5 heteroatoms. The molecule has 20 heavy (non-hydrogen) atoms. The summed E-state index contributed by atoms with van der Waals surface area (Å²) in [7, 11) is 0. The maximum absolute atomic E-state index is 11.0. The van der Waals surface area contributed by atoms with Gasteiger partial charge in [0.2, 0.25) is 0 Å². The molecule has 0 saturated carbocycles. The topological polar surface area (TPSA) is 96.3 Å². The Kier molecular flexibility index (Phi) is 3.87. The van der Waals surface area contributed by atoms with E-state index in [-0.39, 0.29) is 11.3 Å². The molecule has 2 aromatic carbocycles. The van der Waals surface area contributed by atoms with E-state index in [2.05, 4.69) is 6.07 Å². The predicted octanol–water partition coefficient (Wildman–Crippen LogP) is 2.83. The third kappa shape index (κ3) is 3.06. The lowest BCUT2D eigenvalue weighted by atomic mass is 10.1. The summed E-state index contributed by atoms with van der Waals surface area (Å²) in [6.07, 6.45) is 0.339. The van der Waals surface area contributed by atoms with Crippen molar-refractivity contribution in [3.63, 3.8) is 0 Å². The highest BCUT2D eigenvalue weighted by molar-refractivity contribution is 5.94. The molecular formula is C15H12N2O3. The van der Waals surface area contributed by atoms with Gasteiger partial charge in [0, 0.05) is 5.69 Å². The van der Waals surface area contributed by atoms with E-state index in [1.807, 2.05) is 0 Å². The van der Waals surface area contributed by atoms with Gasteiger partial charge in [-0.25, -0.2) is 4.79 Å². The monoisotopic (exact) mass is 268 g/mol. The SMILES string of the molecule is N#CCc1ccc(Oc2ccc(N)c(C(=O)O)c2)cc1. The average molecular weight is 268 g/mol. The first-order valence-corrected chi connectivity index (χ1v) is 5.86. The summed E-state index contributed by atoms with van der Waals surface area (Å²) < 4.78 is 5.56. The number of carboxylic acid groups (broad SMARTS) is 1. The fourth-order valence-corrected chi connectivity index (χ4v) is 1.69. The van der Waals surface area contributed by atoms with Crippen LogP contribution in [0.4, 0.5) is 5.69 Å². The van der Waals surface area contributed by atoms with Crippen molar-refractivity contribution < 1.29 is 14.6 Å². The summed E-state index contributed by atoms with van der Waals surface area (Å²) in [4.78, 5) is 11.0. The Morgan fingerprint density at radius 3 is 2.45 bits per heavy atom. The van der Waals surface area contributed by atoms with Crippen molar-refractivity contribution in [1.29, 1.82) is 5.26 Å². The summed E-state index contributed by atoms with van der Waals surface area (Å²) in [5, 5.41) is 17.6. The molecule has 0 atom stereocenters. The molecule has 100 valence electrons. The van der Waals surface area contributed by atoms with Crippen LogP contribution in [0.15, 0.2) is 42.5 Å². The molecule has 0 unspecified atom stereocenters. The van der Waals surface area contributed by atoms with Gasteiger partial charge in [0.1, 0.15) is 11.5 Å². The van der Waals surface area contributed by atoms with E-state index < -0.39 is 5.97 Å². The number of nitrogens with two attached hydrogens (primary N) is 1. The summed E-state index contributed by atoms with van der Waals surface area (Å²) in [5.74, 6) is -0.144. The molecule has 2 aromatic rings. The third-order valence-electron chi connectivity index (χ3n) is 2.70. The van der Waals surface area contributed by atoms with Gasteiger partial charge in [-0.3, -0.25) is 0 Å². The number of hydrogen-bond donors (Lipinski definition) is 2. The molecule has 0 heterocycles. The number of nitrogen functional groups attached to an aromatic ring is 1. The van der Waals surface area contributed by atoms with Crippen LogP contribution in [-0.4, -0.2) is 11.1 Å². The molecular weight excluding hydrogens is 256 g/mol. The zero-order valence-electron chi connectivity index (χ0n) is 10.5. The number of carboxylic acids is 1. The van der Waals surface area contributed by atoms with Gasteiger partial charge in [-0.05, 0) is 35.9 Å². The first kappa shape index (κ1) is 13.4. The lowest BCUT2D eigenvalue weighted by molar-refractivity contribution is 0.0697. The second-order valence-electron chi connectivity index (χ2n) is 4.14. The van der Waals surface area contributed by atoms with Gasteiger partial charge in [0.05, 0.1) is 18.1 Å². The number of carbonyl (C=O) groups is 1. The highest BCUT2D eigenvalue weighted by Gasteiger charge is 2.09. The van der Waals surface area contributed by atoms with E-state index in [1.165, 1.54) is 12.1 Å². The quantitative estimate of drug-likeness (QED) is 0.831. The van der Waals surface area contributed by atoms with E-state index in [0.29, 0.717) is 17.9 Å². The highest BCUT2D eigenvalue weighted by atomic mass is 16.5. The van der Waals surface area contributed by atoms with Crippen LogP contribution in [0, 0.1) is 11.3 Å². The number of nitriles is 1. The molecule has 0 amide bonds. The van der Waals surface area contributed by atoms with Crippen LogP contribution in [0.2, 0.25) is 0 Å². The zero-order chi connectivity index (χ0) is 14.5. The van der Waals surface area contributed by atoms with Gasteiger partial charge < -0.3 is 15.6 Å². The minimum atomic E-state index is -1.10. The normalized spacial score (nSPS) is 9.75. The standard InChI is InChI=1S/C15H12N2O3/c16-8-7-10-1-3-11(4-2-10)20-12-5-6-14(17)13(9-12)15(18)19/h1-6,9H,7,17H2,(H,18,19). The lowest BCUT2D eigenvalue weighted by Crippen LogP contribution is -2.02. The Bertz CT molecular complexity index is 673. The molecule has 0 spiro atoms. The van der Waals surface area contributed by atoms with Crippen LogP contribution in [0.3, 0.4) is 0 Å². The number of hydrogen-bond acceptors (Lipinski definition) is 4. The van der Waals surface area contributed by atoms with Gasteiger partial charge in [-0.1, -0.05) is 12.1 Å². The Labute approximate surface area is 115 Å². The van der Waals surface area contributed by atoms with Gasteiger partial charge in [0.25, 0.3) is 0 Å². The van der Waals surface area contributed by atoms with Crippen molar-refractivity contribution >= 4 is 11.7 Å². The van der Waals surface area contributed by atoms with E-state index in [9.17, 15) is 4.79 Å². The van der Waals surface area contributed by atoms with Crippen molar-refractivity contribution in [2.75, 3.05) is 5.73 Å². The second kappa shape index (κ2) is 5.76. The van der Waals surface area contributed by atoms with Crippen LogP contribution in [0.25, 0.3) is 0 Å². The maximum Gasteiger partial charge on any atom is 0.337 e. The number of nitrogens with zero attached hydrogens (tertiary/aromatic N) is 1.